The maximum Gasteiger partial charge on any atom is 0.247 e. The molecular weight excluding hydrogens is 522 g/mol. The summed E-state index contributed by atoms with van der Waals surface area (Å²) < 4.78 is 31.7. The number of nitrogens with one attached hydrogen (secondary N) is 1. The van der Waals surface area contributed by atoms with Crippen molar-refractivity contribution in [3.63, 3.8) is 0 Å². The van der Waals surface area contributed by atoms with Crippen LogP contribution in [0.4, 0.5) is 4.39 Å². The Kier molecular flexibility index (Phi) is 5.40. The number of imidazole rings is 1. The number of aromatic nitrogens is 7. The van der Waals surface area contributed by atoms with E-state index in [4.69, 9.17) is 25.9 Å². The molecule has 0 radical (unpaired) electrons. The molecule has 2 aliphatic rings. The van der Waals surface area contributed by atoms with E-state index in [0.717, 1.165) is 0 Å². The zero-order chi connectivity index (χ0) is 27.5. The number of hydrogen-bond donors (Lipinski definition) is 2. The molecule has 4 aromatic rings. The lowest BCUT2D eigenvalue weighted by molar-refractivity contribution is -0.129. The third-order valence-electron chi connectivity index (χ3n) is 6.70. The van der Waals surface area contributed by atoms with Gasteiger partial charge in [-0.05, 0) is 53.5 Å². The lowest BCUT2D eigenvalue weighted by Crippen LogP contribution is -2.39. The number of H-pyrrole nitrogens is 1. The second-order valence-electron chi connectivity index (χ2n) is 8.69. The zero-order valence-electron chi connectivity index (χ0n) is 20.9. The number of aromatic amines is 1. The Labute approximate surface area is 222 Å². The van der Waals surface area contributed by atoms with Crippen LogP contribution < -0.4 is 0 Å². The number of carbonyl (C=O) groups excluding carboxylic acids is 1. The SMILES string of the molecule is [2H]C([2H])(O)c1nccc(-c2cnc([C@@H]3CCC4CC(c5c(-n6cnnn6)ccc(Cl)c5F)=CC(=O)N43)[nH]2)c1Cl. The summed E-state index contributed by atoms with van der Waals surface area (Å²) in [6, 6.07) is 4.04. The van der Waals surface area contributed by atoms with E-state index in [0.29, 0.717) is 47.6 Å². The Hall–Kier alpha value is -3.67. The first-order chi connectivity index (χ1) is 18.6. The van der Waals surface area contributed by atoms with Gasteiger partial charge in [0.15, 0.2) is 5.82 Å². The van der Waals surface area contributed by atoms with Gasteiger partial charge in [-0.2, -0.15) is 4.68 Å². The standard InChI is InChI=1S/C24H19Cl2FN8O2/c25-15-2-4-18(34-11-30-32-33-34)21(23(15)27)12-7-13-1-3-19(35(13)20(37)8-12)24-29-9-16(31-24)14-5-6-28-17(10-36)22(14)26/h2,4-6,8-9,11,13,19,36H,1,3,7,10H2,(H,29,31)/t13?,19-/m0/s1/i10D2. The quantitative estimate of drug-likeness (QED) is 0.391. The molecule has 1 aromatic carbocycles. The van der Waals surface area contributed by atoms with Crippen molar-refractivity contribution < 1.29 is 17.0 Å². The van der Waals surface area contributed by atoms with Gasteiger partial charge in [-0.3, -0.25) is 9.78 Å². The second-order valence-corrected chi connectivity index (χ2v) is 9.48. The van der Waals surface area contributed by atoms with Gasteiger partial charge in [0.05, 0.1) is 48.7 Å². The fraction of sp³-hybridized carbons (Fsp3) is 0.250. The summed E-state index contributed by atoms with van der Waals surface area (Å²) >= 11 is 12.4. The molecule has 2 N–H and O–H groups in total. The van der Waals surface area contributed by atoms with Crippen molar-refractivity contribution in [2.24, 2.45) is 0 Å². The number of hydrogen-bond acceptors (Lipinski definition) is 7. The van der Waals surface area contributed by atoms with E-state index in [9.17, 15) is 9.90 Å². The Balaban J connectivity index is 1.32. The van der Waals surface area contributed by atoms with Crippen LogP contribution in [0.15, 0.2) is 43.0 Å². The first-order valence-corrected chi connectivity index (χ1v) is 12.1. The summed E-state index contributed by atoms with van der Waals surface area (Å²) in [6.45, 7) is -2.72. The van der Waals surface area contributed by atoms with Crippen LogP contribution in [0.5, 0.6) is 0 Å². The molecule has 188 valence electrons. The average molecular weight is 543 g/mol. The number of pyridine rings is 1. The predicted octanol–water partition coefficient (Wildman–Crippen LogP) is 3.91. The Morgan fingerprint density at radius 3 is 2.89 bits per heavy atom. The van der Waals surface area contributed by atoms with Crippen LogP contribution in [0.25, 0.3) is 22.5 Å². The lowest BCUT2D eigenvalue weighted by Gasteiger charge is -2.33. The third-order valence-corrected chi connectivity index (χ3v) is 7.37. The molecule has 1 amide bonds. The Morgan fingerprint density at radius 1 is 1.24 bits per heavy atom. The summed E-state index contributed by atoms with van der Waals surface area (Å²) in [6.07, 6.45) is 7.32. The number of rotatable bonds is 5. The summed E-state index contributed by atoms with van der Waals surface area (Å²) in [7, 11) is 0. The number of tetrazole rings is 1. The molecule has 1 fully saturated rings. The number of halogens is 3. The van der Waals surface area contributed by atoms with Gasteiger partial charge in [0, 0.05) is 29.4 Å². The van der Waals surface area contributed by atoms with E-state index in [1.165, 1.54) is 35.5 Å². The molecule has 0 aliphatic carbocycles. The highest BCUT2D eigenvalue weighted by Crippen LogP contribution is 2.44. The van der Waals surface area contributed by atoms with Gasteiger partial charge in [-0.15, -0.1) is 5.10 Å². The summed E-state index contributed by atoms with van der Waals surface area (Å²) in [5, 5.41) is 20.7. The van der Waals surface area contributed by atoms with Crippen molar-refractivity contribution in [1.29, 1.82) is 0 Å². The molecular formula is C24H19Cl2FN8O2. The number of benzene rings is 1. The molecule has 0 saturated carbocycles. The minimum absolute atomic E-state index is 0.0481. The van der Waals surface area contributed by atoms with Crippen molar-refractivity contribution in [2.45, 2.75) is 37.9 Å². The van der Waals surface area contributed by atoms with Crippen LogP contribution in [-0.4, -0.2) is 57.1 Å². The highest BCUT2D eigenvalue weighted by Gasteiger charge is 2.42. The zero-order valence-corrected chi connectivity index (χ0v) is 20.4. The number of aliphatic hydroxyl groups is 1. The number of fused-ring (bicyclic) bond motifs is 1. The molecule has 6 rings (SSSR count). The lowest BCUT2D eigenvalue weighted by atomic mass is 9.92. The molecule has 1 unspecified atom stereocenters. The first-order valence-electron chi connectivity index (χ1n) is 12.3. The largest absolute Gasteiger partial charge is 0.390 e. The average Bonchev–Trinajstić information content (AvgIpc) is 3.66. The molecule has 5 heterocycles. The van der Waals surface area contributed by atoms with E-state index in [1.54, 1.807) is 17.0 Å². The topological polar surface area (TPSA) is 126 Å². The van der Waals surface area contributed by atoms with Crippen molar-refractivity contribution in [1.82, 2.24) is 40.1 Å². The fourth-order valence-corrected chi connectivity index (χ4v) is 5.49. The van der Waals surface area contributed by atoms with Crippen molar-refractivity contribution in [3.05, 3.63) is 75.9 Å². The van der Waals surface area contributed by atoms with E-state index in [2.05, 4.69) is 30.5 Å². The van der Waals surface area contributed by atoms with Gasteiger partial charge in [0.1, 0.15) is 12.2 Å². The summed E-state index contributed by atoms with van der Waals surface area (Å²) in [4.78, 5) is 26.7. The van der Waals surface area contributed by atoms with E-state index in [1.807, 2.05) is 0 Å². The molecule has 2 atom stereocenters. The minimum atomic E-state index is -2.72. The number of carbonyl (C=O) groups is 1. The first kappa shape index (κ1) is 21.4. The van der Waals surface area contributed by atoms with Crippen LogP contribution >= 0.6 is 23.2 Å². The highest BCUT2D eigenvalue weighted by molar-refractivity contribution is 6.33. The summed E-state index contributed by atoms with van der Waals surface area (Å²) in [5.74, 6) is -0.410. The third kappa shape index (κ3) is 3.99. The molecule has 0 spiro atoms. The Bertz CT molecular complexity index is 1620. The molecule has 13 heteroatoms. The monoisotopic (exact) mass is 542 g/mol. The molecule has 10 nitrogen and oxygen atoms in total. The van der Waals surface area contributed by atoms with Gasteiger partial charge in [-0.25, -0.2) is 9.37 Å². The van der Waals surface area contributed by atoms with Crippen molar-refractivity contribution >= 4 is 34.7 Å². The van der Waals surface area contributed by atoms with Crippen LogP contribution in [0.1, 0.15) is 45.1 Å². The maximum absolute atomic E-state index is 15.3. The Morgan fingerprint density at radius 2 is 2.11 bits per heavy atom. The van der Waals surface area contributed by atoms with Gasteiger partial charge < -0.3 is 15.0 Å². The molecule has 37 heavy (non-hydrogen) atoms. The van der Waals surface area contributed by atoms with Crippen molar-refractivity contribution in [2.75, 3.05) is 0 Å². The molecule has 0 bridgehead atoms. The highest BCUT2D eigenvalue weighted by atomic mass is 35.5. The van der Waals surface area contributed by atoms with Crippen LogP contribution in [0, 0.1) is 5.82 Å². The van der Waals surface area contributed by atoms with Gasteiger partial charge >= 0.3 is 0 Å². The predicted molar refractivity (Wildman–Crippen MR) is 132 cm³/mol. The van der Waals surface area contributed by atoms with Gasteiger partial charge in [0.2, 0.25) is 5.91 Å². The van der Waals surface area contributed by atoms with E-state index < -0.39 is 12.4 Å². The summed E-state index contributed by atoms with van der Waals surface area (Å²) in [5.41, 5.74) is 1.64. The maximum atomic E-state index is 15.3. The minimum Gasteiger partial charge on any atom is -0.390 e. The number of nitrogens with zero attached hydrogens (tertiary/aromatic N) is 7. The molecule has 3 aromatic heterocycles. The normalized spacial score (nSPS) is 20.5. The van der Waals surface area contributed by atoms with Gasteiger partial charge in [0.25, 0.3) is 0 Å². The van der Waals surface area contributed by atoms with Crippen LogP contribution in [0.3, 0.4) is 0 Å². The number of amides is 1. The van der Waals surface area contributed by atoms with Gasteiger partial charge in [-0.1, -0.05) is 23.2 Å². The fourth-order valence-electron chi connectivity index (χ4n) is 5.08. The second kappa shape index (κ2) is 9.33. The molecule has 2 aliphatic heterocycles. The van der Waals surface area contributed by atoms with Crippen molar-refractivity contribution in [3.8, 4) is 16.9 Å². The smallest absolute Gasteiger partial charge is 0.247 e. The van der Waals surface area contributed by atoms with E-state index >= 15 is 4.39 Å². The van der Waals surface area contributed by atoms with E-state index in [-0.39, 0.29) is 39.3 Å². The molecule has 1 saturated heterocycles. The van der Waals surface area contributed by atoms with Crippen LogP contribution in [-0.2, 0) is 11.4 Å². The van der Waals surface area contributed by atoms with Crippen LogP contribution in [0.2, 0.25) is 10.0 Å².